The minimum atomic E-state index is -0.534. The third-order valence-corrected chi connectivity index (χ3v) is 5.67. The molecular formula is C18H13Br2NO4. The first-order chi connectivity index (χ1) is 12.0. The van der Waals surface area contributed by atoms with Crippen molar-refractivity contribution in [3.05, 3.63) is 62.0 Å². The van der Waals surface area contributed by atoms with Gasteiger partial charge in [-0.05, 0) is 56.5 Å². The van der Waals surface area contributed by atoms with Crippen LogP contribution in [0.25, 0.3) is 6.08 Å². The Hall–Kier alpha value is -2.12. The highest BCUT2D eigenvalue weighted by Gasteiger charge is 2.27. The Bertz CT molecular complexity index is 892. The van der Waals surface area contributed by atoms with Crippen LogP contribution >= 0.6 is 31.9 Å². The van der Waals surface area contributed by atoms with Crippen molar-refractivity contribution in [2.75, 3.05) is 6.61 Å². The Morgan fingerprint density at radius 3 is 2.64 bits per heavy atom. The Morgan fingerprint density at radius 1 is 1.24 bits per heavy atom. The first-order valence-electron chi connectivity index (χ1n) is 7.43. The Kier molecular flexibility index (Phi) is 5.24. The molecule has 0 fully saturated rings. The van der Waals surface area contributed by atoms with Crippen LogP contribution in [-0.2, 0) is 9.63 Å². The zero-order valence-corrected chi connectivity index (χ0v) is 16.3. The molecule has 1 N–H and O–H groups in total. The SMILES string of the molecule is CCOc1cc(/C=C2/C(=O)ON=C2c2ccccc2)c(Br)c(Br)c1O. The first-order valence-corrected chi connectivity index (χ1v) is 9.02. The summed E-state index contributed by atoms with van der Waals surface area (Å²) in [5.41, 5.74) is 2.20. The van der Waals surface area contributed by atoms with E-state index >= 15 is 0 Å². The number of hydrogen-bond acceptors (Lipinski definition) is 5. The lowest BCUT2D eigenvalue weighted by Gasteiger charge is -2.11. The van der Waals surface area contributed by atoms with Crippen LogP contribution in [0.2, 0.25) is 0 Å². The van der Waals surface area contributed by atoms with Crippen LogP contribution in [0.3, 0.4) is 0 Å². The van der Waals surface area contributed by atoms with Crippen molar-refractivity contribution in [3.8, 4) is 11.5 Å². The molecule has 0 saturated carbocycles. The van der Waals surface area contributed by atoms with Crippen molar-refractivity contribution in [3.63, 3.8) is 0 Å². The van der Waals surface area contributed by atoms with Crippen LogP contribution in [0.1, 0.15) is 18.1 Å². The molecule has 0 aromatic heterocycles. The number of rotatable bonds is 4. The summed E-state index contributed by atoms with van der Waals surface area (Å²) in [5, 5.41) is 14.0. The maximum Gasteiger partial charge on any atom is 0.368 e. The van der Waals surface area contributed by atoms with Crippen molar-refractivity contribution in [1.29, 1.82) is 0 Å². The number of benzene rings is 2. The molecule has 0 unspecified atom stereocenters. The summed E-state index contributed by atoms with van der Waals surface area (Å²) in [4.78, 5) is 17.0. The van der Waals surface area contributed by atoms with Crippen LogP contribution in [-0.4, -0.2) is 23.4 Å². The number of nitrogens with zero attached hydrogens (tertiary/aromatic N) is 1. The number of oxime groups is 1. The first kappa shape index (κ1) is 17.7. The fourth-order valence-corrected chi connectivity index (χ4v) is 3.19. The second kappa shape index (κ2) is 7.41. The molecule has 0 atom stereocenters. The van der Waals surface area contributed by atoms with E-state index in [9.17, 15) is 9.90 Å². The Morgan fingerprint density at radius 2 is 1.96 bits per heavy atom. The smallest absolute Gasteiger partial charge is 0.368 e. The van der Waals surface area contributed by atoms with Gasteiger partial charge in [0.05, 0.1) is 16.7 Å². The molecule has 0 radical (unpaired) electrons. The number of phenols is 1. The summed E-state index contributed by atoms with van der Waals surface area (Å²) in [7, 11) is 0. The van der Waals surface area contributed by atoms with Crippen molar-refractivity contribution in [1.82, 2.24) is 0 Å². The lowest BCUT2D eigenvalue weighted by Crippen LogP contribution is -2.07. The predicted octanol–water partition coefficient (Wildman–Crippen LogP) is 4.66. The Labute approximate surface area is 161 Å². The van der Waals surface area contributed by atoms with E-state index in [1.807, 2.05) is 37.3 Å². The molecular weight excluding hydrogens is 454 g/mol. The van der Waals surface area contributed by atoms with Crippen molar-refractivity contribution < 1.29 is 19.5 Å². The molecule has 1 aliphatic heterocycles. The molecule has 1 aliphatic rings. The van der Waals surface area contributed by atoms with Gasteiger partial charge in [-0.25, -0.2) is 4.79 Å². The number of aromatic hydroxyl groups is 1. The largest absolute Gasteiger partial charge is 0.503 e. The summed E-state index contributed by atoms with van der Waals surface area (Å²) in [6.07, 6.45) is 1.65. The molecule has 0 spiro atoms. The number of ether oxygens (including phenoxy) is 1. The van der Waals surface area contributed by atoms with Gasteiger partial charge in [0.2, 0.25) is 0 Å². The molecule has 2 aromatic carbocycles. The van der Waals surface area contributed by atoms with Gasteiger partial charge >= 0.3 is 5.97 Å². The number of phenolic OH excluding ortho intramolecular Hbond substituents is 1. The topological polar surface area (TPSA) is 68.1 Å². The molecule has 3 rings (SSSR count). The molecule has 0 amide bonds. The fraction of sp³-hybridized carbons (Fsp3) is 0.111. The van der Waals surface area contributed by atoms with Crippen LogP contribution in [0.4, 0.5) is 0 Å². The maximum atomic E-state index is 12.1. The second-order valence-corrected chi connectivity index (χ2v) is 6.70. The highest BCUT2D eigenvalue weighted by atomic mass is 79.9. The third kappa shape index (κ3) is 3.48. The van der Waals surface area contributed by atoms with E-state index in [0.29, 0.717) is 38.2 Å². The van der Waals surface area contributed by atoms with Gasteiger partial charge in [0.1, 0.15) is 5.71 Å². The Balaban J connectivity index is 2.10. The minimum Gasteiger partial charge on any atom is -0.503 e. The van der Waals surface area contributed by atoms with E-state index in [2.05, 4.69) is 37.0 Å². The van der Waals surface area contributed by atoms with Gasteiger partial charge in [-0.3, -0.25) is 0 Å². The highest BCUT2D eigenvalue weighted by molar-refractivity contribution is 9.13. The second-order valence-electron chi connectivity index (χ2n) is 5.12. The van der Waals surface area contributed by atoms with Gasteiger partial charge < -0.3 is 14.7 Å². The molecule has 0 bridgehead atoms. The summed E-state index contributed by atoms with van der Waals surface area (Å²) in [6.45, 7) is 2.22. The summed E-state index contributed by atoms with van der Waals surface area (Å²) in [6, 6.07) is 10.9. The van der Waals surface area contributed by atoms with E-state index in [0.717, 1.165) is 5.56 Å². The van der Waals surface area contributed by atoms with E-state index in [1.165, 1.54) is 0 Å². The number of hydrogen-bond donors (Lipinski definition) is 1. The summed E-state index contributed by atoms with van der Waals surface area (Å²) >= 11 is 6.74. The standard InChI is InChI=1S/C18H13Br2NO4/c1-2-24-13-9-11(14(19)15(20)17(13)22)8-12-16(21-25-18(12)23)10-6-4-3-5-7-10/h3-9,22H,2H2,1H3/b12-8+. The van der Waals surface area contributed by atoms with Gasteiger partial charge in [0.25, 0.3) is 0 Å². The number of carbonyl (C=O) groups excluding carboxylic acids is 1. The van der Waals surface area contributed by atoms with Gasteiger partial charge in [-0.1, -0.05) is 35.5 Å². The number of halogens is 2. The van der Waals surface area contributed by atoms with Crippen molar-refractivity contribution >= 4 is 49.6 Å². The predicted molar refractivity (Wildman–Crippen MR) is 102 cm³/mol. The molecule has 128 valence electrons. The summed E-state index contributed by atoms with van der Waals surface area (Å²) < 4.78 is 6.47. The van der Waals surface area contributed by atoms with Crippen molar-refractivity contribution in [2.24, 2.45) is 5.16 Å². The van der Waals surface area contributed by atoms with E-state index < -0.39 is 5.97 Å². The lowest BCUT2D eigenvalue weighted by molar-refractivity contribution is -0.136. The maximum absolute atomic E-state index is 12.1. The van der Waals surface area contributed by atoms with Gasteiger partial charge in [-0.15, -0.1) is 0 Å². The van der Waals surface area contributed by atoms with E-state index in [-0.39, 0.29) is 5.75 Å². The average molecular weight is 467 g/mol. The van der Waals surface area contributed by atoms with Gasteiger partial charge in [-0.2, -0.15) is 0 Å². The van der Waals surface area contributed by atoms with E-state index in [4.69, 9.17) is 9.57 Å². The molecule has 5 nitrogen and oxygen atoms in total. The third-order valence-electron chi connectivity index (χ3n) is 3.52. The van der Waals surface area contributed by atoms with Crippen LogP contribution in [0.5, 0.6) is 11.5 Å². The monoisotopic (exact) mass is 465 g/mol. The summed E-state index contributed by atoms with van der Waals surface area (Å²) in [5.74, 6) is -0.233. The molecule has 0 aliphatic carbocycles. The molecule has 25 heavy (non-hydrogen) atoms. The molecule has 0 saturated heterocycles. The van der Waals surface area contributed by atoms with Crippen LogP contribution in [0, 0.1) is 0 Å². The zero-order valence-electron chi connectivity index (χ0n) is 13.1. The molecule has 1 heterocycles. The zero-order chi connectivity index (χ0) is 18.0. The van der Waals surface area contributed by atoms with Crippen LogP contribution < -0.4 is 4.74 Å². The normalized spacial score (nSPS) is 15.2. The highest BCUT2D eigenvalue weighted by Crippen LogP contribution is 2.42. The average Bonchev–Trinajstić information content (AvgIpc) is 2.99. The fourth-order valence-electron chi connectivity index (χ4n) is 2.35. The molecule has 2 aromatic rings. The van der Waals surface area contributed by atoms with E-state index in [1.54, 1.807) is 12.1 Å². The molecule has 7 heteroatoms. The number of carbonyl (C=O) groups is 1. The minimum absolute atomic E-state index is 0.0122. The van der Waals surface area contributed by atoms with Crippen LogP contribution in [0.15, 0.2) is 56.1 Å². The van der Waals surface area contributed by atoms with Gasteiger partial charge in [0, 0.05) is 10.0 Å². The lowest BCUT2D eigenvalue weighted by atomic mass is 10.0. The van der Waals surface area contributed by atoms with Crippen molar-refractivity contribution in [2.45, 2.75) is 6.92 Å². The quantitative estimate of drug-likeness (QED) is 0.525. The van der Waals surface area contributed by atoms with Gasteiger partial charge in [0.15, 0.2) is 11.5 Å².